The summed E-state index contributed by atoms with van der Waals surface area (Å²) in [5.74, 6) is 1.47. The second-order valence-electron chi connectivity index (χ2n) is 7.23. The normalized spacial score (nSPS) is 20.0. The number of carbonyl (C=O) groups excluding carboxylic acids is 2. The van der Waals surface area contributed by atoms with Gasteiger partial charge in [-0.2, -0.15) is 17.0 Å². The Labute approximate surface area is 169 Å². The highest BCUT2D eigenvalue weighted by atomic mass is 32.2. The summed E-state index contributed by atoms with van der Waals surface area (Å²) < 4.78 is 14.0. The van der Waals surface area contributed by atoms with Crippen molar-refractivity contribution in [3.8, 4) is 6.07 Å². The number of hydrogen-bond acceptors (Lipinski definition) is 5. The zero-order chi connectivity index (χ0) is 20.1. The lowest BCUT2D eigenvalue weighted by Crippen LogP contribution is -2.50. The van der Waals surface area contributed by atoms with Crippen molar-refractivity contribution in [1.82, 2.24) is 14.7 Å². The molecule has 8 heteroatoms. The van der Waals surface area contributed by atoms with Gasteiger partial charge >= 0.3 is 0 Å². The number of thioether (sulfide) groups is 1. The molecule has 0 spiro atoms. The standard InChI is InChI=1S/C20H25FN4O2S/c1-23(13-16-11-15(12-22)4-5-17(16)21)19(26)14-25-6-2-3-18(25)20(27)24-7-9-28-10-8-24/h4-5,11,18H,2-3,6-10,13-14H2,1H3. The summed E-state index contributed by atoms with van der Waals surface area (Å²) in [7, 11) is 1.62. The number of halogens is 1. The average Bonchev–Trinajstić information content (AvgIpc) is 3.17. The second-order valence-corrected chi connectivity index (χ2v) is 8.46. The van der Waals surface area contributed by atoms with E-state index < -0.39 is 5.82 Å². The Bertz CT molecular complexity index is 776. The molecule has 0 saturated carbocycles. The average molecular weight is 405 g/mol. The molecule has 1 unspecified atom stereocenters. The summed E-state index contributed by atoms with van der Waals surface area (Å²) >= 11 is 1.86. The fourth-order valence-electron chi connectivity index (χ4n) is 3.69. The summed E-state index contributed by atoms with van der Waals surface area (Å²) in [6, 6.07) is 5.88. The van der Waals surface area contributed by atoms with E-state index in [0.717, 1.165) is 44.0 Å². The first-order chi connectivity index (χ1) is 13.5. The number of rotatable bonds is 5. The minimum atomic E-state index is -0.434. The zero-order valence-electron chi connectivity index (χ0n) is 16.1. The predicted octanol–water partition coefficient (Wildman–Crippen LogP) is 1.70. The van der Waals surface area contributed by atoms with Gasteiger partial charge in [0.15, 0.2) is 0 Å². The summed E-state index contributed by atoms with van der Waals surface area (Å²) in [5, 5.41) is 8.98. The lowest BCUT2D eigenvalue weighted by atomic mass is 10.1. The largest absolute Gasteiger partial charge is 0.340 e. The fourth-order valence-corrected chi connectivity index (χ4v) is 4.60. The fraction of sp³-hybridized carbons (Fsp3) is 0.550. The van der Waals surface area contributed by atoms with Crippen molar-refractivity contribution >= 4 is 23.6 Å². The minimum Gasteiger partial charge on any atom is -0.340 e. The molecule has 1 aromatic rings. The van der Waals surface area contributed by atoms with Crippen LogP contribution in [0.1, 0.15) is 24.0 Å². The van der Waals surface area contributed by atoms with Crippen LogP contribution in [0.4, 0.5) is 4.39 Å². The van der Waals surface area contributed by atoms with E-state index in [0.29, 0.717) is 11.1 Å². The van der Waals surface area contributed by atoms with Crippen LogP contribution in [-0.2, 0) is 16.1 Å². The molecule has 2 amide bonds. The lowest BCUT2D eigenvalue weighted by molar-refractivity contribution is -0.138. The molecule has 2 fully saturated rings. The Morgan fingerprint density at radius 1 is 1.32 bits per heavy atom. The SMILES string of the molecule is CN(Cc1cc(C#N)ccc1F)C(=O)CN1CCCC1C(=O)N1CCSCC1. The maximum Gasteiger partial charge on any atom is 0.239 e. The van der Waals surface area contributed by atoms with Crippen LogP contribution < -0.4 is 0 Å². The Morgan fingerprint density at radius 3 is 2.79 bits per heavy atom. The van der Waals surface area contributed by atoms with Gasteiger partial charge in [0, 0.05) is 43.8 Å². The number of carbonyl (C=O) groups is 2. The van der Waals surface area contributed by atoms with Gasteiger partial charge in [-0.3, -0.25) is 14.5 Å². The molecule has 6 nitrogen and oxygen atoms in total. The molecule has 0 N–H and O–H groups in total. The van der Waals surface area contributed by atoms with E-state index in [1.54, 1.807) is 7.05 Å². The maximum atomic E-state index is 14.0. The van der Waals surface area contributed by atoms with Crippen LogP contribution >= 0.6 is 11.8 Å². The van der Waals surface area contributed by atoms with Crippen molar-refractivity contribution in [2.75, 3.05) is 44.7 Å². The van der Waals surface area contributed by atoms with Gasteiger partial charge in [0.1, 0.15) is 5.82 Å². The minimum absolute atomic E-state index is 0.0932. The molecule has 2 aliphatic rings. The molecule has 0 bridgehead atoms. The predicted molar refractivity (Wildman–Crippen MR) is 106 cm³/mol. The molecular weight excluding hydrogens is 379 g/mol. The molecule has 2 heterocycles. The quantitative estimate of drug-likeness (QED) is 0.747. The lowest BCUT2D eigenvalue weighted by Gasteiger charge is -2.32. The van der Waals surface area contributed by atoms with Gasteiger partial charge in [-0.1, -0.05) is 0 Å². The van der Waals surface area contributed by atoms with Crippen LogP contribution in [0, 0.1) is 17.1 Å². The number of hydrogen-bond donors (Lipinski definition) is 0. The molecule has 0 aliphatic carbocycles. The van der Waals surface area contributed by atoms with E-state index in [-0.39, 0.29) is 30.9 Å². The molecule has 1 atom stereocenters. The molecule has 28 heavy (non-hydrogen) atoms. The zero-order valence-corrected chi connectivity index (χ0v) is 16.9. The first-order valence-corrected chi connectivity index (χ1v) is 10.7. The third-order valence-corrected chi connectivity index (χ3v) is 6.26. The molecule has 2 aliphatic heterocycles. The first-order valence-electron chi connectivity index (χ1n) is 9.52. The van der Waals surface area contributed by atoms with Gasteiger partial charge in [0.25, 0.3) is 0 Å². The molecule has 3 rings (SSSR count). The van der Waals surface area contributed by atoms with Crippen LogP contribution in [0.2, 0.25) is 0 Å². The van der Waals surface area contributed by atoms with Gasteiger partial charge in [0.2, 0.25) is 11.8 Å². The van der Waals surface area contributed by atoms with Crippen LogP contribution in [0.25, 0.3) is 0 Å². The number of nitrogens with zero attached hydrogens (tertiary/aromatic N) is 4. The number of benzene rings is 1. The highest BCUT2D eigenvalue weighted by Crippen LogP contribution is 2.21. The van der Waals surface area contributed by atoms with E-state index in [4.69, 9.17) is 5.26 Å². The van der Waals surface area contributed by atoms with Gasteiger partial charge in [-0.25, -0.2) is 4.39 Å². The highest BCUT2D eigenvalue weighted by molar-refractivity contribution is 7.99. The van der Waals surface area contributed by atoms with Gasteiger partial charge < -0.3 is 9.80 Å². The third-order valence-electron chi connectivity index (χ3n) is 5.32. The van der Waals surface area contributed by atoms with Crippen LogP contribution in [0.15, 0.2) is 18.2 Å². The summed E-state index contributed by atoms with van der Waals surface area (Å²) in [6.45, 7) is 2.51. The molecule has 1 aromatic carbocycles. The van der Waals surface area contributed by atoms with Gasteiger partial charge in [-0.05, 0) is 37.6 Å². The topological polar surface area (TPSA) is 67.6 Å². The van der Waals surface area contributed by atoms with Crippen molar-refractivity contribution in [3.05, 3.63) is 35.1 Å². The van der Waals surface area contributed by atoms with Crippen molar-refractivity contribution in [3.63, 3.8) is 0 Å². The molecule has 150 valence electrons. The Kier molecular flexibility index (Phi) is 6.92. The Hall–Kier alpha value is -2.11. The molecule has 0 aromatic heterocycles. The Balaban J connectivity index is 1.60. The smallest absolute Gasteiger partial charge is 0.239 e. The monoisotopic (exact) mass is 404 g/mol. The number of likely N-dealkylation sites (tertiary alicyclic amines) is 1. The van der Waals surface area contributed by atoms with Crippen LogP contribution in [-0.4, -0.2) is 77.3 Å². The van der Waals surface area contributed by atoms with E-state index in [1.165, 1.54) is 23.1 Å². The summed E-state index contributed by atoms with van der Waals surface area (Å²) in [6.07, 6.45) is 1.67. The van der Waals surface area contributed by atoms with E-state index in [9.17, 15) is 14.0 Å². The van der Waals surface area contributed by atoms with E-state index in [1.807, 2.05) is 27.6 Å². The second kappa shape index (κ2) is 9.39. The summed E-state index contributed by atoms with van der Waals surface area (Å²) in [5.41, 5.74) is 0.678. The van der Waals surface area contributed by atoms with Crippen molar-refractivity contribution in [2.24, 2.45) is 0 Å². The third kappa shape index (κ3) is 4.83. The van der Waals surface area contributed by atoms with E-state index in [2.05, 4.69) is 0 Å². The van der Waals surface area contributed by atoms with Crippen LogP contribution in [0.3, 0.4) is 0 Å². The highest BCUT2D eigenvalue weighted by Gasteiger charge is 2.35. The van der Waals surface area contributed by atoms with Crippen molar-refractivity contribution < 1.29 is 14.0 Å². The summed E-state index contributed by atoms with van der Waals surface area (Å²) in [4.78, 5) is 30.8. The first kappa shape index (κ1) is 20.6. The molecule has 2 saturated heterocycles. The molecule has 0 radical (unpaired) electrons. The molecular formula is C20H25FN4O2S. The number of nitriles is 1. The van der Waals surface area contributed by atoms with Crippen molar-refractivity contribution in [2.45, 2.75) is 25.4 Å². The van der Waals surface area contributed by atoms with E-state index >= 15 is 0 Å². The number of amides is 2. The number of likely N-dealkylation sites (N-methyl/N-ethyl adjacent to an activating group) is 1. The maximum absolute atomic E-state index is 14.0. The van der Waals surface area contributed by atoms with Crippen LogP contribution in [0.5, 0.6) is 0 Å². The Morgan fingerprint density at radius 2 is 2.07 bits per heavy atom. The van der Waals surface area contributed by atoms with Gasteiger partial charge in [-0.15, -0.1) is 0 Å². The van der Waals surface area contributed by atoms with Crippen molar-refractivity contribution in [1.29, 1.82) is 5.26 Å². The van der Waals surface area contributed by atoms with Gasteiger partial charge in [0.05, 0.1) is 24.2 Å².